The van der Waals surface area contributed by atoms with Crippen LogP contribution in [0.2, 0.25) is 0 Å². The van der Waals surface area contributed by atoms with Gasteiger partial charge in [0.15, 0.2) is 0 Å². The summed E-state index contributed by atoms with van der Waals surface area (Å²) < 4.78 is 19.5. The van der Waals surface area contributed by atoms with E-state index in [1.54, 1.807) is 36.4 Å². The van der Waals surface area contributed by atoms with Crippen LogP contribution in [0.25, 0.3) is 0 Å². The smallest absolute Gasteiger partial charge is 0.271 e. The van der Waals surface area contributed by atoms with Gasteiger partial charge in [-0.25, -0.2) is 9.82 Å². The second-order valence-corrected chi connectivity index (χ2v) is 5.24. The minimum atomic E-state index is -0.423. The number of benzene rings is 2. The van der Waals surface area contributed by atoms with E-state index >= 15 is 0 Å². The number of nitrogens with one attached hydrogen (secondary N) is 1. The van der Waals surface area contributed by atoms with E-state index in [-0.39, 0.29) is 11.5 Å². The first-order valence-electron chi connectivity index (χ1n) is 6.61. The lowest BCUT2D eigenvalue weighted by atomic mass is 10.2. The number of carbonyl (C=O) groups is 1. The molecule has 0 unspecified atom stereocenters. The van der Waals surface area contributed by atoms with Crippen LogP contribution in [0.5, 0.6) is 5.75 Å². The van der Waals surface area contributed by atoms with Crippen molar-refractivity contribution in [1.82, 2.24) is 5.43 Å². The molecule has 0 aliphatic heterocycles. The van der Waals surface area contributed by atoms with E-state index in [1.165, 1.54) is 12.3 Å². The van der Waals surface area contributed by atoms with Crippen molar-refractivity contribution in [2.24, 2.45) is 5.10 Å². The first kappa shape index (κ1) is 16.2. The summed E-state index contributed by atoms with van der Waals surface area (Å²) in [6.07, 6.45) is 1.26. The molecular formula is C16H14BrFN2O2. The molecule has 0 heterocycles. The van der Waals surface area contributed by atoms with Crippen molar-refractivity contribution in [3.8, 4) is 5.75 Å². The molecular weight excluding hydrogens is 351 g/mol. The Morgan fingerprint density at radius 3 is 2.68 bits per heavy atom. The summed E-state index contributed by atoms with van der Waals surface area (Å²) in [7, 11) is 0. The zero-order valence-electron chi connectivity index (χ0n) is 11.8. The average Bonchev–Trinajstić information content (AvgIpc) is 2.50. The summed E-state index contributed by atoms with van der Waals surface area (Å²) in [5.41, 5.74) is 3.08. The van der Waals surface area contributed by atoms with Gasteiger partial charge in [-0.1, -0.05) is 15.9 Å². The molecule has 114 valence electrons. The third-order valence-corrected chi connectivity index (χ3v) is 3.25. The highest BCUT2D eigenvalue weighted by Crippen LogP contribution is 2.14. The number of rotatable bonds is 5. The van der Waals surface area contributed by atoms with Gasteiger partial charge < -0.3 is 4.74 Å². The van der Waals surface area contributed by atoms with Crippen molar-refractivity contribution in [3.63, 3.8) is 0 Å². The minimum absolute atomic E-state index is 0.287. The number of hydrogen-bond acceptors (Lipinski definition) is 3. The van der Waals surface area contributed by atoms with Gasteiger partial charge in [0.2, 0.25) is 0 Å². The Bertz CT molecular complexity index is 687. The number of halogens is 2. The predicted octanol–water partition coefficient (Wildman–Crippen LogP) is 3.75. The first-order valence-corrected chi connectivity index (χ1v) is 7.40. The molecule has 2 aromatic carbocycles. The van der Waals surface area contributed by atoms with Crippen molar-refractivity contribution in [1.29, 1.82) is 0 Å². The number of hydrogen-bond donors (Lipinski definition) is 1. The SMILES string of the molecule is CCOc1ccc(C(=O)N/N=C\c2ccc(Br)cc2F)cc1. The number of nitrogens with zero attached hydrogens (tertiary/aromatic N) is 1. The van der Waals surface area contributed by atoms with Gasteiger partial charge in [0.05, 0.1) is 12.8 Å². The summed E-state index contributed by atoms with van der Waals surface area (Å²) in [5, 5.41) is 3.76. The Balaban J connectivity index is 1.98. The molecule has 22 heavy (non-hydrogen) atoms. The summed E-state index contributed by atoms with van der Waals surface area (Å²) in [4.78, 5) is 11.9. The molecule has 1 amide bonds. The molecule has 2 aromatic rings. The largest absolute Gasteiger partial charge is 0.494 e. The van der Waals surface area contributed by atoms with E-state index in [9.17, 15) is 9.18 Å². The fourth-order valence-electron chi connectivity index (χ4n) is 1.70. The maximum absolute atomic E-state index is 13.6. The molecule has 0 aromatic heterocycles. The van der Waals surface area contributed by atoms with E-state index < -0.39 is 5.82 Å². The Morgan fingerprint density at radius 2 is 2.05 bits per heavy atom. The van der Waals surface area contributed by atoms with E-state index in [1.807, 2.05) is 6.92 Å². The second kappa shape index (κ2) is 7.70. The van der Waals surface area contributed by atoms with Crippen LogP contribution in [0.1, 0.15) is 22.8 Å². The molecule has 4 nitrogen and oxygen atoms in total. The number of amides is 1. The lowest BCUT2D eigenvalue weighted by molar-refractivity contribution is 0.0955. The highest BCUT2D eigenvalue weighted by Gasteiger charge is 2.04. The zero-order valence-corrected chi connectivity index (χ0v) is 13.4. The molecule has 0 bridgehead atoms. The lowest BCUT2D eigenvalue weighted by Crippen LogP contribution is -2.17. The van der Waals surface area contributed by atoms with Gasteiger partial charge in [0.25, 0.3) is 5.91 Å². The molecule has 0 saturated heterocycles. The van der Waals surface area contributed by atoms with Crippen LogP contribution in [0.3, 0.4) is 0 Å². The fourth-order valence-corrected chi connectivity index (χ4v) is 2.03. The molecule has 1 N–H and O–H groups in total. The maximum Gasteiger partial charge on any atom is 0.271 e. The van der Waals surface area contributed by atoms with Crippen LogP contribution in [0.4, 0.5) is 4.39 Å². The highest BCUT2D eigenvalue weighted by atomic mass is 79.9. The summed E-state index contributed by atoms with van der Waals surface area (Å²) in [6, 6.07) is 11.3. The van der Waals surface area contributed by atoms with Gasteiger partial charge >= 0.3 is 0 Å². The third kappa shape index (κ3) is 4.39. The van der Waals surface area contributed by atoms with Gasteiger partial charge in [-0.2, -0.15) is 5.10 Å². The highest BCUT2D eigenvalue weighted by molar-refractivity contribution is 9.10. The first-order chi connectivity index (χ1) is 10.6. The van der Waals surface area contributed by atoms with Crippen molar-refractivity contribution in [2.75, 3.05) is 6.61 Å². The van der Waals surface area contributed by atoms with Crippen LogP contribution in [-0.2, 0) is 0 Å². The van der Waals surface area contributed by atoms with E-state index in [0.717, 1.165) is 0 Å². The van der Waals surface area contributed by atoms with Crippen LogP contribution in [0.15, 0.2) is 52.0 Å². The Morgan fingerprint density at radius 1 is 1.32 bits per heavy atom. The molecule has 0 radical (unpaired) electrons. The van der Waals surface area contributed by atoms with Crippen LogP contribution >= 0.6 is 15.9 Å². The van der Waals surface area contributed by atoms with Crippen molar-refractivity contribution in [3.05, 3.63) is 63.9 Å². The predicted molar refractivity (Wildman–Crippen MR) is 86.8 cm³/mol. The molecule has 0 aliphatic rings. The summed E-state index contributed by atoms with van der Waals surface area (Å²) in [5.74, 6) is -0.107. The monoisotopic (exact) mass is 364 g/mol. The van der Waals surface area contributed by atoms with Gasteiger partial charge in [0.1, 0.15) is 11.6 Å². The minimum Gasteiger partial charge on any atom is -0.494 e. The van der Waals surface area contributed by atoms with Crippen molar-refractivity contribution in [2.45, 2.75) is 6.92 Å². The molecule has 2 rings (SSSR count). The molecule has 0 spiro atoms. The molecule has 0 aliphatic carbocycles. The van der Waals surface area contributed by atoms with Crippen molar-refractivity contribution < 1.29 is 13.9 Å². The van der Waals surface area contributed by atoms with Crippen molar-refractivity contribution >= 4 is 28.1 Å². The fraction of sp³-hybridized carbons (Fsp3) is 0.125. The van der Waals surface area contributed by atoms with Crippen LogP contribution < -0.4 is 10.2 Å². The molecule has 6 heteroatoms. The quantitative estimate of drug-likeness (QED) is 0.648. The van der Waals surface area contributed by atoms with E-state index in [4.69, 9.17) is 4.74 Å². The lowest BCUT2D eigenvalue weighted by Gasteiger charge is -2.04. The van der Waals surface area contributed by atoms with Crippen LogP contribution in [-0.4, -0.2) is 18.7 Å². The van der Waals surface area contributed by atoms with Gasteiger partial charge in [-0.05, 0) is 49.4 Å². The number of carbonyl (C=O) groups excluding carboxylic acids is 1. The van der Waals surface area contributed by atoms with E-state index in [0.29, 0.717) is 22.4 Å². The van der Waals surface area contributed by atoms with Gasteiger partial charge in [0, 0.05) is 15.6 Å². The number of ether oxygens (including phenoxy) is 1. The van der Waals surface area contributed by atoms with Gasteiger partial charge in [-0.3, -0.25) is 4.79 Å². The zero-order chi connectivity index (χ0) is 15.9. The average molecular weight is 365 g/mol. The third-order valence-electron chi connectivity index (χ3n) is 2.76. The Labute approximate surface area is 136 Å². The molecule has 0 saturated carbocycles. The molecule has 0 fully saturated rings. The van der Waals surface area contributed by atoms with Crippen LogP contribution in [0, 0.1) is 5.82 Å². The molecule has 0 atom stereocenters. The van der Waals surface area contributed by atoms with Gasteiger partial charge in [-0.15, -0.1) is 0 Å². The Kier molecular flexibility index (Phi) is 5.66. The summed E-state index contributed by atoms with van der Waals surface area (Å²) in [6.45, 7) is 2.45. The maximum atomic E-state index is 13.6. The van der Waals surface area contributed by atoms with E-state index in [2.05, 4.69) is 26.5 Å². The Hall–Kier alpha value is -2.21. The number of hydrazone groups is 1. The normalized spacial score (nSPS) is 10.7. The topological polar surface area (TPSA) is 50.7 Å². The second-order valence-electron chi connectivity index (χ2n) is 4.32. The summed E-state index contributed by atoms with van der Waals surface area (Å²) >= 11 is 3.17. The standard InChI is InChI=1S/C16H14BrFN2O2/c1-2-22-14-7-4-11(5-8-14)16(21)20-19-10-12-3-6-13(17)9-15(12)18/h3-10H,2H2,1H3,(H,20,21)/b19-10-.